The molecule has 4 aliphatic rings. The number of nitrogens with zero attached hydrogens (tertiary/aromatic N) is 1. The van der Waals surface area contributed by atoms with Crippen molar-refractivity contribution in [1.29, 1.82) is 0 Å². The number of halogens is 1. The van der Waals surface area contributed by atoms with E-state index >= 15 is 0 Å². The third kappa shape index (κ3) is 6.16. The quantitative estimate of drug-likeness (QED) is 0.360. The molecule has 0 bridgehead atoms. The number of nitrogens with one attached hydrogen (secondary N) is 1. The molecule has 3 heterocycles. The van der Waals surface area contributed by atoms with Crippen LogP contribution in [-0.2, 0) is 27.1 Å². The first-order valence-electron chi connectivity index (χ1n) is 14.8. The fraction of sp³-hybridized carbons (Fsp3) is 0.594. The molecule has 2 aromatic rings. The van der Waals surface area contributed by atoms with Crippen molar-refractivity contribution in [3.05, 3.63) is 64.5 Å². The molecule has 0 radical (unpaired) electrons. The molecule has 7 heteroatoms. The van der Waals surface area contributed by atoms with E-state index in [1.807, 2.05) is 4.90 Å². The second-order valence-corrected chi connectivity index (χ2v) is 12.1. The molecule has 0 unspecified atom stereocenters. The van der Waals surface area contributed by atoms with Gasteiger partial charge in [0.25, 0.3) is 0 Å². The van der Waals surface area contributed by atoms with Gasteiger partial charge in [-0.3, -0.25) is 9.69 Å². The lowest BCUT2D eigenvalue weighted by molar-refractivity contribution is -0.143. The average molecular weight is 537 g/mol. The number of anilines is 1. The monoisotopic (exact) mass is 536 g/mol. The van der Waals surface area contributed by atoms with Crippen molar-refractivity contribution in [2.45, 2.75) is 82.5 Å². The lowest BCUT2D eigenvalue weighted by atomic mass is 9.88. The molecule has 3 fully saturated rings. The number of likely N-dealkylation sites (tertiary alicyclic amines) is 1. The van der Waals surface area contributed by atoms with Crippen molar-refractivity contribution in [1.82, 2.24) is 4.90 Å². The number of carboxylic acids is 1. The number of carboxylic acid groups (broad SMARTS) is 1. The predicted molar refractivity (Wildman–Crippen MR) is 148 cm³/mol. The molecule has 39 heavy (non-hydrogen) atoms. The van der Waals surface area contributed by atoms with E-state index in [2.05, 4.69) is 23.5 Å². The molecule has 1 saturated carbocycles. The van der Waals surface area contributed by atoms with Crippen molar-refractivity contribution in [3.63, 3.8) is 0 Å². The molecule has 1 aliphatic carbocycles. The topological polar surface area (TPSA) is 71.0 Å². The number of ether oxygens (including phenoxy) is 2. The second-order valence-electron chi connectivity index (χ2n) is 12.1. The van der Waals surface area contributed by atoms with Crippen LogP contribution < -0.4 is 5.32 Å². The lowest BCUT2D eigenvalue weighted by Crippen LogP contribution is -2.35. The van der Waals surface area contributed by atoms with Gasteiger partial charge in [-0.1, -0.05) is 18.2 Å². The van der Waals surface area contributed by atoms with Gasteiger partial charge in [0.15, 0.2) is 0 Å². The normalized spacial score (nSPS) is 24.7. The van der Waals surface area contributed by atoms with Crippen LogP contribution in [-0.4, -0.2) is 54.9 Å². The highest BCUT2D eigenvalue weighted by Crippen LogP contribution is 2.55. The molecule has 3 aliphatic heterocycles. The number of aryl methyl sites for hydroxylation is 2. The van der Waals surface area contributed by atoms with Gasteiger partial charge in [0.1, 0.15) is 11.9 Å². The predicted octanol–water partition coefficient (Wildman–Crippen LogP) is 6.06. The first-order chi connectivity index (χ1) is 19.0. The third-order valence-corrected chi connectivity index (χ3v) is 9.28. The smallest absolute Gasteiger partial charge is 0.325 e. The van der Waals surface area contributed by atoms with E-state index in [-0.39, 0.29) is 12.2 Å². The first kappa shape index (κ1) is 26.7. The van der Waals surface area contributed by atoms with Gasteiger partial charge in [0, 0.05) is 31.9 Å². The molecule has 210 valence electrons. The number of unbranched alkanes of at least 4 members (excludes halogenated alkanes) is 1. The van der Waals surface area contributed by atoms with Gasteiger partial charge in [-0.2, -0.15) is 0 Å². The maximum Gasteiger partial charge on any atom is 0.325 e. The minimum atomic E-state index is -0.948. The van der Waals surface area contributed by atoms with Gasteiger partial charge in [0.2, 0.25) is 0 Å². The molecule has 0 amide bonds. The highest BCUT2D eigenvalue weighted by atomic mass is 19.1. The van der Waals surface area contributed by atoms with Crippen LogP contribution in [0.1, 0.15) is 85.8 Å². The average Bonchev–Trinajstić information content (AvgIpc) is 3.53. The Morgan fingerprint density at radius 3 is 2.87 bits per heavy atom. The summed E-state index contributed by atoms with van der Waals surface area (Å²) in [5.41, 5.74) is 5.76. The Balaban J connectivity index is 1.02. The Morgan fingerprint density at radius 2 is 2.08 bits per heavy atom. The highest BCUT2D eigenvalue weighted by molar-refractivity contribution is 5.76. The molecule has 2 saturated heterocycles. The van der Waals surface area contributed by atoms with E-state index in [4.69, 9.17) is 9.47 Å². The molecule has 3 atom stereocenters. The van der Waals surface area contributed by atoms with Crippen LogP contribution in [0.5, 0.6) is 0 Å². The molecule has 1 spiro atoms. The van der Waals surface area contributed by atoms with E-state index in [1.165, 1.54) is 48.2 Å². The van der Waals surface area contributed by atoms with Crippen molar-refractivity contribution in [3.8, 4) is 0 Å². The van der Waals surface area contributed by atoms with Gasteiger partial charge in [-0.25, -0.2) is 4.39 Å². The van der Waals surface area contributed by atoms with Gasteiger partial charge >= 0.3 is 5.97 Å². The summed E-state index contributed by atoms with van der Waals surface area (Å²) in [6.45, 7) is 3.60. The number of aliphatic carboxylic acids is 1. The standard InChI is InChI=1S/C32H41FN2O4/c33-24-8-9-26(29-10-12-32(13-14-32)21-39-29)27(19-24)30(31(36)37)35-16-11-25(20-35)38-17-2-1-4-22-6-7-23-5-3-15-34-28(23)18-22/h6-9,18-19,25,29-30,34H,1-5,10-17,20-21H2,(H,36,37)/t25-,29-,30+/m1/s1. The van der Waals surface area contributed by atoms with Crippen molar-refractivity contribution in [2.75, 3.05) is 38.2 Å². The Kier molecular flexibility index (Phi) is 7.92. The van der Waals surface area contributed by atoms with Gasteiger partial charge in [0.05, 0.1) is 18.8 Å². The van der Waals surface area contributed by atoms with Gasteiger partial charge < -0.3 is 19.9 Å². The molecule has 0 aromatic heterocycles. The molecular weight excluding hydrogens is 495 g/mol. The molecule has 6 rings (SSSR count). The highest BCUT2D eigenvalue weighted by Gasteiger charge is 2.46. The zero-order chi connectivity index (χ0) is 26.8. The van der Waals surface area contributed by atoms with E-state index in [0.717, 1.165) is 63.7 Å². The minimum Gasteiger partial charge on any atom is -0.480 e. The fourth-order valence-corrected chi connectivity index (χ4v) is 6.72. The summed E-state index contributed by atoms with van der Waals surface area (Å²) in [6.07, 6.45) is 10.4. The Bertz CT molecular complexity index is 1170. The van der Waals surface area contributed by atoms with Crippen LogP contribution in [0, 0.1) is 11.2 Å². The molecule has 2 aromatic carbocycles. The lowest BCUT2D eigenvalue weighted by Gasteiger charge is -2.33. The van der Waals surface area contributed by atoms with Crippen molar-refractivity contribution < 1.29 is 23.8 Å². The van der Waals surface area contributed by atoms with Crippen LogP contribution in [0.3, 0.4) is 0 Å². The Hall–Kier alpha value is -2.48. The van der Waals surface area contributed by atoms with Crippen LogP contribution in [0.2, 0.25) is 0 Å². The van der Waals surface area contributed by atoms with Gasteiger partial charge in [-0.05, 0) is 110 Å². The zero-order valence-electron chi connectivity index (χ0n) is 22.8. The number of rotatable bonds is 10. The fourth-order valence-electron chi connectivity index (χ4n) is 6.72. The number of fused-ring (bicyclic) bond motifs is 1. The van der Waals surface area contributed by atoms with E-state index < -0.39 is 17.8 Å². The summed E-state index contributed by atoms with van der Waals surface area (Å²) in [7, 11) is 0. The summed E-state index contributed by atoms with van der Waals surface area (Å²) in [4.78, 5) is 14.5. The van der Waals surface area contributed by atoms with Crippen molar-refractivity contribution >= 4 is 11.7 Å². The van der Waals surface area contributed by atoms with E-state index in [0.29, 0.717) is 30.7 Å². The first-order valence-corrected chi connectivity index (χ1v) is 14.8. The summed E-state index contributed by atoms with van der Waals surface area (Å²) < 4.78 is 26.8. The Labute approximate surface area is 230 Å². The van der Waals surface area contributed by atoms with Gasteiger partial charge in [-0.15, -0.1) is 0 Å². The minimum absolute atomic E-state index is 0.00235. The zero-order valence-corrected chi connectivity index (χ0v) is 22.8. The number of benzene rings is 2. The largest absolute Gasteiger partial charge is 0.480 e. The third-order valence-electron chi connectivity index (χ3n) is 9.28. The maximum absolute atomic E-state index is 14.4. The summed E-state index contributed by atoms with van der Waals surface area (Å²) >= 11 is 0. The van der Waals surface area contributed by atoms with Crippen LogP contribution in [0.25, 0.3) is 0 Å². The van der Waals surface area contributed by atoms with E-state index in [1.54, 1.807) is 6.07 Å². The Morgan fingerprint density at radius 1 is 1.18 bits per heavy atom. The summed E-state index contributed by atoms with van der Waals surface area (Å²) in [5, 5.41) is 13.8. The summed E-state index contributed by atoms with van der Waals surface area (Å²) in [6, 6.07) is 10.5. The van der Waals surface area contributed by atoms with Crippen LogP contribution in [0.4, 0.5) is 10.1 Å². The van der Waals surface area contributed by atoms with Crippen molar-refractivity contribution in [2.24, 2.45) is 5.41 Å². The van der Waals surface area contributed by atoms with Crippen LogP contribution >= 0.6 is 0 Å². The number of hydrogen-bond donors (Lipinski definition) is 2. The summed E-state index contributed by atoms with van der Waals surface area (Å²) in [5.74, 6) is -1.35. The molecule has 6 nitrogen and oxygen atoms in total. The number of hydrogen-bond acceptors (Lipinski definition) is 5. The van der Waals surface area contributed by atoms with E-state index in [9.17, 15) is 14.3 Å². The molecular formula is C32H41FN2O4. The molecule has 2 N–H and O–H groups in total. The second kappa shape index (κ2) is 11.6. The maximum atomic E-state index is 14.4. The number of carbonyl (C=O) groups is 1. The van der Waals surface area contributed by atoms with Crippen LogP contribution in [0.15, 0.2) is 36.4 Å². The SMILES string of the molecule is O=C(O)[C@H](c1cc(F)ccc1[C@H]1CCC2(CC2)CO1)N1CC[C@@H](OCCCCc2ccc3c(c2)NCCC3)C1.